The van der Waals surface area contributed by atoms with Gasteiger partial charge in [0.1, 0.15) is 0 Å². The highest BCUT2D eigenvalue weighted by atomic mass is 32.1. The average molecular weight is 248 g/mol. The van der Waals surface area contributed by atoms with E-state index in [1.54, 1.807) is 11.3 Å². The summed E-state index contributed by atoms with van der Waals surface area (Å²) in [6.45, 7) is 3.01. The molecule has 2 N–H and O–H groups in total. The van der Waals surface area contributed by atoms with Gasteiger partial charge < -0.3 is 10.4 Å². The number of anilines is 1. The van der Waals surface area contributed by atoms with Crippen LogP contribution in [0.4, 0.5) is 5.69 Å². The van der Waals surface area contributed by atoms with Gasteiger partial charge in [0.2, 0.25) is 0 Å². The lowest BCUT2D eigenvalue weighted by Gasteiger charge is -2.04. The van der Waals surface area contributed by atoms with Gasteiger partial charge in [-0.15, -0.1) is 11.3 Å². The molecule has 1 aromatic heterocycles. The van der Waals surface area contributed by atoms with Crippen molar-refractivity contribution in [2.24, 2.45) is 0 Å². The lowest BCUT2D eigenvalue weighted by molar-refractivity contribution is 0.282. The zero-order chi connectivity index (χ0) is 12.1. The molecule has 3 nitrogen and oxygen atoms in total. The van der Waals surface area contributed by atoms with Gasteiger partial charge in [0.05, 0.1) is 18.2 Å². The van der Waals surface area contributed by atoms with E-state index in [1.807, 2.05) is 30.5 Å². The maximum Gasteiger partial charge on any atom is 0.0925 e. The molecule has 0 saturated heterocycles. The topological polar surface area (TPSA) is 45.2 Å². The molecule has 0 bridgehead atoms. The Morgan fingerprint density at radius 2 is 2.06 bits per heavy atom. The van der Waals surface area contributed by atoms with E-state index in [0.29, 0.717) is 0 Å². The summed E-state index contributed by atoms with van der Waals surface area (Å²) in [6.07, 6.45) is 2.93. The smallest absolute Gasteiger partial charge is 0.0925 e. The third-order valence-corrected chi connectivity index (χ3v) is 3.65. The first-order chi connectivity index (χ1) is 8.31. The third-order valence-electron chi connectivity index (χ3n) is 2.51. The normalized spacial score (nSPS) is 10.5. The van der Waals surface area contributed by atoms with E-state index in [9.17, 15) is 0 Å². The number of aromatic nitrogens is 1. The van der Waals surface area contributed by atoms with Crippen molar-refractivity contribution in [3.8, 4) is 0 Å². The van der Waals surface area contributed by atoms with Crippen molar-refractivity contribution in [2.45, 2.75) is 26.5 Å². The summed E-state index contributed by atoms with van der Waals surface area (Å²) in [4.78, 5) is 5.56. The molecular formula is C13H16N2OS. The number of benzene rings is 1. The molecule has 0 amide bonds. The SMILES string of the molecule is CCc1ncc(CNc2ccc(CO)cc2)s1. The van der Waals surface area contributed by atoms with Crippen molar-refractivity contribution >= 4 is 17.0 Å². The molecule has 2 rings (SSSR count). The van der Waals surface area contributed by atoms with Crippen LogP contribution in [0.25, 0.3) is 0 Å². The summed E-state index contributed by atoms with van der Waals surface area (Å²) < 4.78 is 0. The third kappa shape index (κ3) is 3.28. The van der Waals surface area contributed by atoms with E-state index in [0.717, 1.165) is 24.2 Å². The number of nitrogens with zero attached hydrogens (tertiary/aromatic N) is 1. The fourth-order valence-corrected chi connectivity index (χ4v) is 2.31. The van der Waals surface area contributed by atoms with Gasteiger partial charge in [-0.3, -0.25) is 0 Å². The first kappa shape index (κ1) is 12.1. The molecule has 0 aliphatic heterocycles. The van der Waals surface area contributed by atoms with Crippen molar-refractivity contribution in [3.05, 3.63) is 45.9 Å². The predicted octanol–water partition coefficient (Wildman–Crippen LogP) is 2.81. The van der Waals surface area contributed by atoms with Crippen LogP contribution in [0.3, 0.4) is 0 Å². The van der Waals surface area contributed by atoms with Crippen LogP contribution in [-0.4, -0.2) is 10.1 Å². The van der Waals surface area contributed by atoms with Crippen LogP contribution in [0.2, 0.25) is 0 Å². The zero-order valence-electron chi connectivity index (χ0n) is 9.81. The fourth-order valence-electron chi connectivity index (χ4n) is 1.51. The molecule has 0 spiro atoms. The Morgan fingerprint density at radius 1 is 1.29 bits per heavy atom. The second-order valence-electron chi connectivity index (χ2n) is 3.78. The van der Waals surface area contributed by atoms with Crippen molar-refractivity contribution in [3.63, 3.8) is 0 Å². The fraction of sp³-hybridized carbons (Fsp3) is 0.308. The van der Waals surface area contributed by atoms with E-state index in [1.165, 1.54) is 9.88 Å². The predicted molar refractivity (Wildman–Crippen MR) is 71.2 cm³/mol. The number of thiazole rings is 1. The number of aliphatic hydroxyl groups excluding tert-OH is 1. The van der Waals surface area contributed by atoms with Crippen LogP contribution in [0, 0.1) is 0 Å². The van der Waals surface area contributed by atoms with Crippen molar-refractivity contribution in [1.29, 1.82) is 0 Å². The Bertz CT molecular complexity index is 465. The number of aliphatic hydroxyl groups is 1. The number of rotatable bonds is 5. The second-order valence-corrected chi connectivity index (χ2v) is 4.98. The largest absolute Gasteiger partial charge is 0.392 e. The lowest BCUT2D eigenvalue weighted by Crippen LogP contribution is -1.97. The molecule has 90 valence electrons. The number of nitrogens with one attached hydrogen (secondary N) is 1. The second kappa shape index (κ2) is 5.80. The van der Waals surface area contributed by atoms with E-state index in [4.69, 9.17) is 5.11 Å². The molecule has 0 unspecified atom stereocenters. The highest BCUT2D eigenvalue weighted by molar-refractivity contribution is 7.11. The van der Waals surface area contributed by atoms with Gasteiger partial charge in [-0.2, -0.15) is 0 Å². The Hall–Kier alpha value is -1.39. The Morgan fingerprint density at radius 3 is 2.65 bits per heavy atom. The molecule has 4 heteroatoms. The Kier molecular flexibility index (Phi) is 4.12. The van der Waals surface area contributed by atoms with Gasteiger partial charge in [-0.05, 0) is 24.1 Å². The van der Waals surface area contributed by atoms with Crippen LogP contribution >= 0.6 is 11.3 Å². The van der Waals surface area contributed by atoms with Gasteiger partial charge >= 0.3 is 0 Å². The van der Waals surface area contributed by atoms with Gasteiger partial charge in [-0.25, -0.2) is 4.98 Å². The van der Waals surface area contributed by atoms with E-state index in [2.05, 4.69) is 17.2 Å². The maximum atomic E-state index is 8.94. The lowest BCUT2D eigenvalue weighted by atomic mass is 10.2. The minimum absolute atomic E-state index is 0.0922. The maximum absolute atomic E-state index is 8.94. The van der Waals surface area contributed by atoms with Crippen LogP contribution < -0.4 is 5.32 Å². The quantitative estimate of drug-likeness (QED) is 0.855. The van der Waals surface area contributed by atoms with Crippen molar-refractivity contribution < 1.29 is 5.11 Å². The van der Waals surface area contributed by atoms with Crippen molar-refractivity contribution in [1.82, 2.24) is 4.98 Å². The minimum Gasteiger partial charge on any atom is -0.392 e. The van der Waals surface area contributed by atoms with Crippen LogP contribution in [0.15, 0.2) is 30.5 Å². The Balaban J connectivity index is 1.92. The highest BCUT2D eigenvalue weighted by Gasteiger charge is 2.00. The van der Waals surface area contributed by atoms with Gasteiger partial charge in [0, 0.05) is 16.8 Å². The minimum atomic E-state index is 0.0922. The summed E-state index contributed by atoms with van der Waals surface area (Å²) >= 11 is 1.75. The van der Waals surface area contributed by atoms with E-state index in [-0.39, 0.29) is 6.61 Å². The van der Waals surface area contributed by atoms with Crippen LogP contribution in [0.1, 0.15) is 22.4 Å². The molecule has 1 heterocycles. The first-order valence-electron chi connectivity index (χ1n) is 5.69. The standard InChI is InChI=1S/C13H16N2OS/c1-2-13-15-8-12(17-13)7-14-11-5-3-10(9-16)4-6-11/h3-6,8,14,16H,2,7,9H2,1H3. The molecule has 0 aliphatic rings. The molecule has 0 radical (unpaired) electrons. The number of aryl methyl sites for hydroxylation is 1. The summed E-state index contributed by atoms with van der Waals surface area (Å²) in [6, 6.07) is 7.81. The number of hydrogen-bond acceptors (Lipinski definition) is 4. The highest BCUT2D eigenvalue weighted by Crippen LogP contribution is 2.16. The molecule has 1 aromatic carbocycles. The van der Waals surface area contributed by atoms with E-state index >= 15 is 0 Å². The molecule has 0 aliphatic carbocycles. The molecule has 17 heavy (non-hydrogen) atoms. The molecular weight excluding hydrogens is 232 g/mol. The summed E-state index contributed by atoms with van der Waals surface area (Å²) in [5, 5.41) is 13.5. The summed E-state index contributed by atoms with van der Waals surface area (Å²) in [7, 11) is 0. The molecule has 0 atom stereocenters. The van der Waals surface area contributed by atoms with Gasteiger partial charge in [0.25, 0.3) is 0 Å². The Labute approximate surface area is 105 Å². The summed E-state index contributed by atoms with van der Waals surface area (Å²) in [5.41, 5.74) is 2.00. The number of hydrogen-bond donors (Lipinski definition) is 2. The molecule has 2 aromatic rings. The monoisotopic (exact) mass is 248 g/mol. The first-order valence-corrected chi connectivity index (χ1v) is 6.50. The van der Waals surface area contributed by atoms with Crippen LogP contribution in [-0.2, 0) is 19.6 Å². The molecule has 0 fully saturated rings. The van der Waals surface area contributed by atoms with Crippen LogP contribution in [0.5, 0.6) is 0 Å². The molecule has 0 saturated carbocycles. The van der Waals surface area contributed by atoms with E-state index < -0.39 is 0 Å². The van der Waals surface area contributed by atoms with Gasteiger partial charge in [-0.1, -0.05) is 19.1 Å². The average Bonchev–Trinajstić information content (AvgIpc) is 2.85. The van der Waals surface area contributed by atoms with Crippen molar-refractivity contribution in [2.75, 3.05) is 5.32 Å². The zero-order valence-corrected chi connectivity index (χ0v) is 10.6. The van der Waals surface area contributed by atoms with Gasteiger partial charge in [0.15, 0.2) is 0 Å². The summed E-state index contributed by atoms with van der Waals surface area (Å²) in [5.74, 6) is 0.